The fraction of sp³-hybridized carbons (Fsp3) is 0.0455. The van der Waals surface area contributed by atoms with Gasteiger partial charge >= 0.3 is 5.97 Å². The Hall–Kier alpha value is -3.28. The maximum absolute atomic E-state index is 12.4. The Morgan fingerprint density at radius 1 is 1.06 bits per heavy atom. The average molecular weight is 612 g/mol. The first kappa shape index (κ1) is 25.3. The summed E-state index contributed by atoms with van der Waals surface area (Å²) >= 11 is 12.5. The number of hydrazone groups is 1. The molecule has 3 aromatic carbocycles. The minimum Gasteiger partial charge on any atom is -0.483 e. The Bertz CT molecular complexity index is 1270. The van der Waals surface area contributed by atoms with Crippen molar-refractivity contribution in [1.29, 1.82) is 0 Å². The van der Waals surface area contributed by atoms with Crippen molar-refractivity contribution in [2.24, 2.45) is 5.10 Å². The predicted octanol–water partition coefficient (Wildman–Crippen LogP) is 5.52. The van der Waals surface area contributed by atoms with Crippen LogP contribution in [0.1, 0.15) is 15.9 Å². The highest BCUT2D eigenvalue weighted by Gasteiger charge is 2.14. The van der Waals surface area contributed by atoms with E-state index in [-0.39, 0.29) is 23.6 Å². The molecule has 0 aliphatic carbocycles. The van der Waals surface area contributed by atoms with Gasteiger partial charge in [0, 0.05) is 27.2 Å². The molecule has 9 nitrogen and oxygen atoms in total. The number of esters is 1. The maximum atomic E-state index is 12.4. The third-order valence-electron chi connectivity index (χ3n) is 4.13. The molecule has 0 heterocycles. The smallest absolute Gasteiger partial charge is 0.343 e. The van der Waals surface area contributed by atoms with Crippen LogP contribution in [-0.4, -0.2) is 29.6 Å². The number of carbonyl (C=O) groups is 2. The standard InChI is InChI=1S/C22H14Br2ClN3O6/c23-15-3-7-19(34-22(30)13-1-5-17(6-2-13)28(31)32)14(9-15)11-26-27-21(29)12-33-20-8-4-16(25)10-18(20)24/h1-11H,12H2,(H,27,29)/b26-11+. The van der Waals surface area contributed by atoms with Gasteiger partial charge in [-0.3, -0.25) is 14.9 Å². The van der Waals surface area contributed by atoms with Gasteiger partial charge in [-0.2, -0.15) is 5.10 Å². The van der Waals surface area contributed by atoms with Crippen LogP contribution in [-0.2, 0) is 4.79 Å². The van der Waals surface area contributed by atoms with Gasteiger partial charge in [0.1, 0.15) is 11.5 Å². The van der Waals surface area contributed by atoms with Gasteiger partial charge in [-0.15, -0.1) is 0 Å². The topological polar surface area (TPSA) is 120 Å². The van der Waals surface area contributed by atoms with E-state index in [1.807, 2.05) is 0 Å². The number of nitrogens with one attached hydrogen (secondary N) is 1. The zero-order valence-corrected chi connectivity index (χ0v) is 21.0. The number of nitro groups is 1. The summed E-state index contributed by atoms with van der Waals surface area (Å²) < 4.78 is 12.1. The van der Waals surface area contributed by atoms with Crippen molar-refractivity contribution in [1.82, 2.24) is 5.43 Å². The zero-order chi connectivity index (χ0) is 24.7. The number of benzene rings is 3. The van der Waals surface area contributed by atoms with Gasteiger partial charge in [0.2, 0.25) is 0 Å². The highest BCUT2D eigenvalue weighted by molar-refractivity contribution is 9.10. The second-order valence-corrected chi connectivity index (χ2v) is 8.74. The molecule has 0 saturated heterocycles. The van der Waals surface area contributed by atoms with Crippen LogP contribution in [0.4, 0.5) is 5.69 Å². The van der Waals surface area contributed by atoms with Gasteiger partial charge in [0.05, 0.1) is 21.2 Å². The first-order valence-corrected chi connectivity index (χ1v) is 11.4. The summed E-state index contributed by atoms with van der Waals surface area (Å²) in [6.07, 6.45) is 1.30. The number of nitro benzene ring substituents is 1. The van der Waals surface area contributed by atoms with E-state index in [4.69, 9.17) is 21.1 Å². The number of rotatable bonds is 8. The summed E-state index contributed by atoms with van der Waals surface area (Å²) in [5.41, 5.74) is 2.71. The first-order valence-electron chi connectivity index (χ1n) is 9.39. The van der Waals surface area contributed by atoms with Crippen molar-refractivity contribution in [3.8, 4) is 11.5 Å². The maximum Gasteiger partial charge on any atom is 0.343 e. The van der Waals surface area contributed by atoms with Crippen LogP contribution < -0.4 is 14.9 Å². The van der Waals surface area contributed by atoms with Crippen molar-refractivity contribution in [3.63, 3.8) is 0 Å². The molecule has 3 aromatic rings. The van der Waals surface area contributed by atoms with Gasteiger partial charge in [-0.1, -0.05) is 27.5 Å². The largest absolute Gasteiger partial charge is 0.483 e. The molecule has 0 bridgehead atoms. The van der Waals surface area contributed by atoms with E-state index in [9.17, 15) is 19.7 Å². The molecule has 0 spiro atoms. The second kappa shape index (κ2) is 11.7. The van der Waals surface area contributed by atoms with Gasteiger partial charge in [-0.25, -0.2) is 10.2 Å². The van der Waals surface area contributed by atoms with Crippen molar-refractivity contribution in [2.45, 2.75) is 0 Å². The van der Waals surface area contributed by atoms with E-state index in [1.165, 1.54) is 36.5 Å². The fourth-order valence-corrected chi connectivity index (χ4v) is 3.71. The molecule has 174 valence electrons. The zero-order valence-electron chi connectivity index (χ0n) is 17.0. The van der Waals surface area contributed by atoms with Crippen LogP contribution in [0, 0.1) is 10.1 Å². The number of ether oxygens (including phenoxy) is 2. The summed E-state index contributed by atoms with van der Waals surface area (Å²) in [6.45, 7) is -0.294. The Morgan fingerprint density at radius 2 is 1.76 bits per heavy atom. The molecule has 0 atom stereocenters. The highest BCUT2D eigenvalue weighted by Crippen LogP contribution is 2.28. The number of amides is 1. The van der Waals surface area contributed by atoms with Crippen LogP contribution in [0.2, 0.25) is 5.02 Å². The molecule has 0 aliphatic rings. The number of hydrogen-bond donors (Lipinski definition) is 1. The van der Waals surface area contributed by atoms with Crippen LogP contribution in [0.5, 0.6) is 11.5 Å². The van der Waals surface area contributed by atoms with Crippen molar-refractivity contribution < 1.29 is 24.0 Å². The van der Waals surface area contributed by atoms with Gasteiger partial charge in [0.15, 0.2) is 6.61 Å². The van der Waals surface area contributed by atoms with Crippen LogP contribution >= 0.6 is 43.5 Å². The molecular formula is C22H14Br2ClN3O6. The minimum atomic E-state index is -0.710. The van der Waals surface area contributed by atoms with Gasteiger partial charge in [-0.05, 0) is 64.5 Å². The van der Waals surface area contributed by atoms with Gasteiger partial charge < -0.3 is 9.47 Å². The number of hydrogen-bond acceptors (Lipinski definition) is 7. The quantitative estimate of drug-likeness (QED) is 0.118. The lowest BCUT2D eigenvalue weighted by molar-refractivity contribution is -0.384. The van der Waals surface area contributed by atoms with Crippen LogP contribution in [0.15, 0.2) is 74.7 Å². The van der Waals surface area contributed by atoms with Crippen LogP contribution in [0.25, 0.3) is 0 Å². The Morgan fingerprint density at radius 3 is 2.44 bits per heavy atom. The lowest BCUT2D eigenvalue weighted by atomic mass is 10.2. The van der Waals surface area contributed by atoms with Crippen molar-refractivity contribution in [3.05, 3.63) is 95.9 Å². The Kier molecular flexibility index (Phi) is 8.74. The fourth-order valence-electron chi connectivity index (χ4n) is 2.53. The SMILES string of the molecule is O=C(COc1ccc(Cl)cc1Br)N/N=C/c1cc(Br)ccc1OC(=O)c1ccc([N+](=O)[O-])cc1. The Balaban J connectivity index is 1.63. The number of halogens is 3. The third-order valence-corrected chi connectivity index (χ3v) is 5.48. The second-order valence-electron chi connectivity index (χ2n) is 6.53. The first-order chi connectivity index (χ1) is 16.2. The molecule has 3 rings (SSSR count). The van der Waals surface area contributed by atoms with Crippen molar-refractivity contribution >= 4 is 67.2 Å². The lowest BCUT2D eigenvalue weighted by Gasteiger charge is -2.09. The van der Waals surface area contributed by atoms with Crippen LogP contribution in [0.3, 0.4) is 0 Å². The van der Waals surface area contributed by atoms with E-state index in [0.717, 1.165) is 0 Å². The summed E-state index contributed by atoms with van der Waals surface area (Å²) in [7, 11) is 0. The van der Waals surface area contributed by atoms with E-state index >= 15 is 0 Å². The monoisotopic (exact) mass is 609 g/mol. The molecule has 1 N–H and O–H groups in total. The molecule has 0 saturated carbocycles. The predicted molar refractivity (Wildman–Crippen MR) is 133 cm³/mol. The van der Waals surface area contributed by atoms with Gasteiger partial charge in [0.25, 0.3) is 11.6 Å². The molecular weight excluding hydrogens is 598 g/mol. The molecule has 0 fully saturated rings. The molecule has 0 aromatic heterocycles. The number of carbonyl (C=O) groups excluding carboxylic acids is 2. The molecule has 1 amide bonds. The molecule has 0 radical (unpaired) electrons. The van der Waals surface area contributed by atoms with E-state index in [2.05, 4.69) is 42.4 Å². The van der Waals surface area contributed by atoms with Crippen molar-refractivity contribution in [2.75, 3.05) is 6.61 Å². The highest BCUT2D eigenvalue weighted by atomic mass is 79.9. The number of non-ortho nitro benzene ring substituents is 1. The molecule has 0 unspecified atom stereocenters. The van der Waals surface area contributed by atoms with E-state index < -0.39 is 16.8 Å². The van der Waals surface area contributed by atoms with E-state index in [1.54, 1.807) is 30.3 Å². The lowest BCUT2D eigenvalue weighted by Crippen LogP contribution is -2.24. The normalized spacial score (nSPS) is 10.7. The average Bonchev–Trinajstić information content (AvgIpc) is 2.80. The summed E-state index contributed by atoms with van der Waals surface area (Å²) in [6, 6.07) is 14.7. The third kappa shape index (κ3) is 7.11. The summed E-state index contributed by atoms with van der Waals surface area (Å²) in [5, 5.41) is 15.2. The molecule has 34 heavy (non-hydrogen) atoms. The summed E-state index contributed by atoms with van der Waals surface area (Å²) in [4.78, 5) is 34.7. The number of nitrogens with zero attached hydrogens (tertiary/aromatic N) is 2. The Labute approximate surface area is 215 Å². The summed E-state index contributed by atoms with van der Waals surface area (Å²) in [5.74, 6) is -0.614. The van der Waals surface area contributed by atoms with E-state index in [0.29, 0.717) is 25.3 Å². The molecule has 0 aliphatic heterocycles. The molecule has 12 heteroatoms. The minimum absolute atomic E-state index is 0.134.